The predicted octanol–water partition coefficient (Wildman–Crippen LogP) is 2.29. The van der Waals surface area contributed by atoms with Crippen molar-refractivity contribution in [2.24, 2.45) is 0 Å². The minimum absolute atomic E-state index is 0.00896. The topological polar surface area (TPSA) is 75.9 Å². The summed E-state index contributed by atoms with van der Waals surface area (Å²) in [5.41, 5.74) is 4.21. The van der Waals surface area contributed by atoms with Gasteiger partial charge in [0.15, 0.2) is 4.96 Å². The normalized spacial score (nSPS) is 11.2. The lowest BCUT2D eigenvalue weighted by atomic mass is 10.1. The highest BCUT2D eigenvalue weighted by Crippen LogP contribution is 2.24. The van der Waals surface area contributed by atoms with Crippen LogP contribution >= 0.6 is 11.3 Å². The number of ether oxygens (including phenoxy) is 1. The number of fused-ring (bicyclic) bond motifs is 1. The Morgan fingerprint density at radius 3 is 2.85 bits per heavy atom. The lowest BCUT2D eigenvalue weighted by Crippen LogP contribution is -2.29. The van der Waals surface area contributed by atoms with Gasteiger partial charge in [-0.1, -0.05) is 31.2 Å². The van der Waals surface area contributed by atoms with Gasteiger partial charge in [0.2, 0.25) is 5.91 Å². The first kappa shape index (κ1) is 18.6. The molecule has 0 spiro atoms. The smallest absolute Gasteiger partial charge is 0.226 e. The number of amides is 1. The van der Waals surface area contributed by atoms with Crippen molar-refractivity contribution in [3.05, 3.63) is 47.1 Å². The summed E-state index contributed by atoms with van der Waals surface area (Å²) in [6.07, 6.45) is 3.30. The Morgan fingerprint density at radius 1 is 1.31 bits per heavy atom. The van der Waals surface area contributed by atoms with E-state index >= 15 is 0 Å². The number of hydrogen-bond donors (Lipinski definition) is 2. The first-order valence-electron chi connectivity index (χ1n) is 8.71. The van der Waals surface area contributed by atoms with Crippen molar-refractivity contribution in [3.63, 3.8) is 0 Å². The molecule has 0 bridgehead atoms. The van der Waals surface area contributed by atoms with Crippen molar-refractivity contribution in [1.82, 2.24) is 14.7 Å². The number of benzene rings is 1. The van der Waals surface area contributed by atoms with Gasteiger partial charge >= 0.3 is 0 Å². The standard InChI is InChI=1S/C19H23N3O3S/c1-2-14-3-5-15(6-4-14)17-12-22-16(13-26-19(22)21-17)11-18(24)20-7-9-25-10-8-23/h3-6,12-13,23H,2,7-11H2,1H3,(H,20,24). The molecule has 2 heterocycles. The maximum Gasteiger partial charge on any atom is 0.226 e. The van der Waals surface area contributed by atoms with Crippen molar-refractivity contribution in [3.8, 4) is 11.3 Å². The van der Waals surface area contributed by atoms with Crippen LogP contribution in [0.5, 0.6) is 0 Å². The van der Waals surface area contributed by atoms with Crippen molar-refractivity contribution in [2.45, 2.75) is 19.8 Å². The SMILES string of the molecule is CCc1ccc(-c2cn3c(CC(=O)NCCOCCO)csc3n2)cc1. The van der Waals surface area contributed by atoms with Gasteiger partial charge in [0.05, 0.1) is 31.9 Å². The molecule has 0 saturated carbocycles. The van der Waals surface area contributed by atoms with Gasteiger partial charge < -0.3 is 15.2 Å². The Kier molecular flexibility index (Phi) is 6.38. The third kappa shape index (κ3) is 4.49. The lowest BCUT2D eigenvalue weighted by molar-refractivity contribution is -0.120. The zero-order valence-corrected chi connectivity index (χ0v) is 15.6. The second-order valence-electron chi connectivity index (χ2n) is 5.92. The molecule has 0 radical (unpaired) electrons. The minimum Gasteiger partial charge on any atom is -0.394 e. The highest BCUT2D eigenvalue weighted by atomic mass is 32.1. The van der Waals surface area contributed by atoms with Crippen LogP contribution in [0.25, 0.3) is 16.2 Å². The number of imidazole rings is 1. The summed E-state index contributed by atoms with van der Waals surface area (Å²) in [4.78, 5) is 17.6. The molecule has 6 nitrogen and oxygen atoms in total. The van der Waals surface area contributed by atoms with Crippen LogP contribution in [0.15, 0.2) is 35.8 Å². The van der Waals surface area contributed by atoms with Crippen molar-refractivity contribution in [2.75, 3.05) is 26.4 Å². The summed E-state index contributed by atoms with van der Waals surface area (Å²) in [6.45, 7) is 3.25. The molecular weight excluding hydrogens is 350 g/mol. The van der Waals surface area contributed by atoms with E-state index < -0.39 is 0 Å². The largest absolute Gasteiger partial charge is 0.394 e. The van der Waals surface area contributed by atoms with E-state index in [0.717, 1.165) is 28.3 Å². The van der Waals surface area contributed by atoms with E-state index in [2.05, 4.69) is 41.5 Å². The van der Waals surface area contributed by atoms with Crippen LogP contribution in [0.2, 0.25) is 0 Å². The van der Waals surface area contributed by atoms with Crippen LogP contribution in [-0.2, 0) is 22.4 Å². The van der Waals surface area contributed by atoms with Crippen LogP contribution in [-0.4, -0.2) is 46.8 Å². The molecule has 2 aromatic heterocycles. The maximum atomic E-state index is 12.1. The molecule has 138 valence electrons. The van der Waals surface area contributed by atoms with E-state index in [1.165, 1.54) is 16.9 Å². The summed E-state index contributed by atoms with van der Waals surface area (Å²) in [5.74, 6) is -0.0557. The van der Waals surface area contributed by atoms with Gasteiger partial charge in [-0.3, -0.25) is 9.20 Å². The van der Waals surface area contributed by atoms with Crippen molar-refractivity contribution in [1.29, 1.82) is 0 Å². The Bertz CT molecular complexity index is 855. The summed E-state index contributed by atoms with van der Waals surface area (Å²) in [7, 11) is 0. The van der Waals surface area contributed by atoms with Crippen LogP contribution < -0.4 is 5.32 Å². The Labute approximate surface area is 156 Å². The minimum atomic E-state index is -0.0557. The number of carbonyl (C=O) groups is 1. The number of thiazole rings is 1. The molecule has 0 aliphatic carbocycles. The summed E-state index contributed by atoms with van der Waals surface area (Å²) >= 11 is 1.53. The molecule has 2 N–H and O–H groups in total. The molecular formula is C19H23N3O3S. The summed E-state index contributed by atoms with van der Waals surface area (Å²) < 4.78 is 7.11. The quantitative estimate of drug-likeness (QED) is 0.564. The molecule has 1 amide bonds. The zero-order chi connectivity index (χ0) is 18.4. The number of aliphatic hydroxyl groups is 1. The second kappa shape index (κ2) is 8.93. The van der Waals surface area contributed by atoms with Crippen LogP contribution in [0.4, 0.5) is 0 Å². The molecule has 0 saturated heterocycles. The molecule has 26 heavy (non-hydrogen) atoms. The number of rotatable bonds is 9. The first-order valence-corrected chi connectivity index (χ1v) is 9.59. The number of nitrogens with one attached hydrogen (secondary N) is 1. The number of aromatic nitrogens is 2. The van der Waals surface area contributed by atoms with E-state index in [-0.39, 0.29) is 19.1 Å². The van der Waals surface area contributed by atoms with Gasteiger partial charge in [0.1, 0.15) is 0 Å². The predicted molar refractivity (Wildman–Crippen MR) is 103 cm³/mol. The van der Waals surface area contributed by atoms with E-state index in [9.17, 15) is 4.79 Å². The van der Waals surface area contributed by atoms with Gasteiger partial charge in [-0.05, 0) is 12.0 Å². The van der Waals surface area contributed by atoms with Gasteiger partial charge in [0, 0.05) is 29.4 Å². The molecule has 3 aromatic rings. The highest BCUT2D eigenvalue weighted by molar-refractivity contribution is 7.15. The fourth-order valence-corrected chi connectivity index (χ4v) is 3.54. The summed E-state index contributed by atoms with van der Waals surface area (Å²) in [6, 6.07) is 8.42. The molecule has 0 unspecified atom stereocenters. The first-order chi connectivity index (χ1) is 12.7. The van der Waals surface area contributed by atoms with Crippen LogP contribution in [0, 0.1) is 0 Å². The molecule has 3 rings (SSSR count). The average Bonchev–Trinajstić information content (AvgIpc) is 3.24. The Morgan fingerprint density at radius 2 is 2.12 bits per heavy atom. The zero-order valence-electron chi connectivity index (χ0n) is 14.8. The lowest BCUT2D eigenvalue weighted by Gasteiger charge is -2.05. The third-order valence-electron chi connectivity index (χ3n) is 4.09. The van der Waals surface area contributed by atoms with Gasteiger partial charge in [-0.25, -0.2) is 4.98 Å². The van der Waals surface area contributed by atoms with Crippen LogP contribution in [0.3, 0.4) is 0 Å². The molecule has 0 fully saturated rings. The fraction of sp³-hybridized carbons (Fsp3) is 0.368. The van der Waals surface area contributed by atoms with Gasteiger partial charge in [-0.2, -0.15) is 0 Å². The maximum absolute atomic E-state index is 12.1. The number of nitrogens with zero attached hydrogens (tertiary/aromatic N) is 2. The van der Waals surface area contributed by atoms with Gasteiger partial charge in [0.25, 0.3) is 0 Å². The molecule has 0 atom stereocenters. The Hall–Kier alpha value is -2.22. The molecule has 0 aliphatic heterocycles. The van der Waals surface area contributed by atoms with E-state index in [0.29, 0.717) is 19.6 Å². The van der Waals surface area contributed by atoms with Crippen molar-refractivity contribution >= 4 is 22.2 Å². The molecule has 1 aromatic carbocycles. The van der Waals surface area contributed by atoms with E-state index in [4.69, 9.17) is 9.84 Å². The van der Waals surface area contributed by atoms with Gasteiger partial charge in [-0.15, -0.1) is 11.3 Å². The molecule has 0 aliphatic rings. The van der Waals surface area contributed by atoms with E-state index in [1.807, 2.05) is 16.0 Å². The second-order valence-corrected chi connectivity index (χ2v) is 6.76. The fourth-order valence-electron chi connectivity index (χ4n) is 2.66. The van der Waals surface area contributed by atoms with Crippen LogP contribution in [0.1, 0.15) is 18.2 Å². The number of aryl methyl sites for hydroxylation is 1. The number of aliphatic hydroxyl groups excluding tert-OH is 1. The van der Waals surface area contributed by atoms with Crippen molar-refractivity contribution < 1.29 is 14.6 Å². The van der Waals surface area contributed by atoms with E-state index in [1.54, 1.807) is 0 Å². The number of hydrogen-bond acceptors (Lipinski definition) is 5. The Balaban J connectivity index is 1.64. The highest BCUT2D eigenvalue weighted by Gasteiger charge is 2.12. The molecule has 7 heteroatoms. The monoisotopic (exact) mass is 373 g/mol. The number of carbonyl (C=O) groups excluding carboxylic acids is 1. The average molecular weight is 373 g/mol. The third-order valence-corrected chi connectivity index (χ3v) is 4.98. The summed E-state index contributed by atoms with van der Waals surface area (Å²) in [5, 5.41) is 13.4.